The van der Waals surface area contributed by atoms with Gasteiger partial charge in [-0.3, -0.25) is 4.90 Å². The Hall–Kier alpha value is -1.55. The molecule has 1 aromatic carbocycles. The van der Waals surface area contributed by atoms with Crippen molar-refractivity contribution in [2.24, 2.45) is 0 Å². The number of nitrogens with zero attached hydrogens (tertiary/aromatic N) is 2. The minimum Gasteiger partial charge on any atom is -0.450 e. The topological polar surface area (TPSA) is 32.8 Å². The zero-order valence-electron chi connectivity index (χ0n) is 13.5. The van der Waals surface area contributed by atoms with Crippen LogP contribution >= 0.6 is 0 Å². The number of amides is 1. The van der Waals surface area contributed by atoms with Crippen molar-refractivity contribution in [3.05, 3.63) is 35.4 Å². The summed E-state index contributed by atoms with van der Waals surface area (Å²) >= 11 is 0. The van der Waals surface area contributed by atoms with Gasteiger partial charge >= 0.3 is 6.09 Å². The number of benzene rings is 1. The number of hydrogen-bond donors (Lipinski definition) is 0. The van der Waals surface area contributed by atoms with E-state index in [1.165, 1.54) is 36.8 Å². The predicted octanol–water partition coefficient (Wildman–Crippen LogP) is 3.23. The second-order valence-corrected chi connectivity index (χ2v) is 6.18. The first-order chi connectivity index (χ1) is 10.8. The van der Waals surface area contributed by atoms with E-state index in [2.05, 4.69) is 29.2 Å². The maximum absolute atomic E-state index is 11.8. The molecule has 0 radical (unpaired) electrons. The first-order valence-electron chi connectivity index (χ1n) is 8.53. The number of carbonyl (C=O) groups excluding carboxylic acids is 1. The van der Waals surface area contributed by atoms with Crippen LogP contribution < -0.4 is 0 Å². The van der Waals surface area contributed by atoms with Gasteiger partial charge in [0.15, 0.2) is 0 Å². The van der Waals surface area contributed by atoms with Crippen LogP contribution in [0.5, 0.6) is 0 Å². The molecule has 1 atom stereocenters. The lowest BCUT2D eigenvalue weighted by molar-refractivity contribution is 0.0640. The summed E-state index contributed by atoms with van der Waals surface area (Å²) in [6.45, 7) is 5.75. The van der Waals surface area contributed by atoms with Crippen LogP contribution in [-0.2, 0) is 11.2 Å². The van der Waals surface area contributed by atoms with Gasteiger partial charge in [-0.05, 0) is 37.3 Å². The van der Waals surface area contributed by atoms with Gasteiger partial charge in [-0.1, -0.05) is 30.7 Å². The quantitative estimate of drug-likeness (QED) is 0.786. The van der Waals surface area contributed by atoms with Crippen LogP contribution in [0.15, 0.2) is 24.3 Å². The van der Waals surface area contributed by atoms with Crippen LogP contribution in [0, 0.1) is 0 Å². The summed E-state index contributed by atoms with van der Waals surface area (Å²) in [5.74, 6) is 0. The number of carbonyl (C=O) groups is 1. The van der Waals surface area contributed by atoms with Crippen LogP contribution in [0.3, 0.4) is 0 Å². The standard InChI is InChI=1S/C18H26N2O2/c1-2-22-18(21)20-13-11-19(12-14-20)17-10-6-4-8-15-7-3-5-9-16(15)17/h3,5,7,9,17H,2,4,6,8,10-14H2,1H3. The summed E-state index contributed by atoms with van der Waals surface area (Å²) in [4.78, 5) is 16.2. The summed E-state index contributed by atoms with van der Waals surface area (Å²) in [6, 6.07) is 9.40. The largest absolute Gasteiger partial charge is 0.450 e. The normalized spacial score (nSPS) is 22.8. The molecule has 120 valence electrons. The molecule has 1 unspecified atom stereocenters. The van der Waals surface area contributed by atoms with E-state index < -0.39 is 0 Å². The van der Waals surface area contributed by atoms with Gasteiger partial charge in [-0.25, -0.2) is 4.79 Å². The Morgan fingerprint density at radius 2 is 1.95 bits per heavy atom. The lowest BCUT2D eigenvalue weighted by Gasteiger charge is -2.39. The fraction of sp³-hybridized carbons (Fsp3) is 0.611. The minimum absolute atomic E-state index is 0.164. The van der Waals surface area contributed by atoms with Crippen molar-refractivity contribution < 1.29 is 9.53 Å². The Kier molecular flexibility index (Phi) is 4.98. The summed E-state index contributed by atoms with van der Waals surface area (Å²) in [5, 5.41) is 0. The van der Waals surface area contributed by atoms with E-state index in [0.29, 0.717) is 12.6 Å². The number of fused-ring (bicyclic) bond motifs is 1. The summed E-state index contributed by atoms with van der Waals surface area (Å²) in [7, 11) is 0. The Balaban J connectivity index is 1.67. The van der Waals surface area contributed by atoms with Gasteiger partial charge in [0.05, 0.1) is 6.61 Å². The van der Waals surface area contributed by atoms with E-state index in [1.807, 2.05) is 11.8 Å². The van der Waals surface area contributed by atoms with E-state index in [4.69, 9.17) is 4.74 Å². The monoisotopic (exact) mass is 302 g/mol. The molecule has 0 spiro atoms. The molecular formula is C18H26N2O2. The highest BCUT2D eigenvalue weighted by Gasteiger charge is 2.29. The summed E-state index contributed by atoms with van der Waals surface area (Å²) < 4.78 is 5.11. The second kappa shape index (κ2) is 7.14. The van der Waals surface area contributed by atoms with Gasteiger partial charge in [-0.15, -0.1) is 0 Å². The van der Waals surface area contributed by atoms with Gasteiger partial charge in [0.2, 0.25) is 0 Å². The zero-order valence-corrected chi connectivity index (χ0v) is 13.5. The van der Waals surface area contributed by atoms with Gasteiger partial charge in [0.25, 0.3) is 0 Å². The molecule has 1 aromatic rings. The number of aryl methyl sites for hydroxylation is 1. The highest BCUT2D eigenvalue weighted by atomic mass is 16.6. The van der Waals surface area contributed by atoms with Gasteiger partial charge < -0.3 is 9.64 Å². The van der Waals surface area contributed by atoms with Gasteiger partial charge in [0.1, 0.15) is 0 Å². The van der Waals surface area contributed by atoms with Crippen LogP contribution in [0.25, 0.3) is 0 Å². The molecule has 1 aliphatic heterocycles. The molecule has 2 aliphatic rings. The molecule has 1 saturated heterocycles. The lowest BCUT2D eigenvalue weighted by atomic mass is 9.97. The van der Waals surface area contributed by atoms with E-state index in [0.717, 1.165) is 26.2 Å². The molecule has 4 nitrogen and oxygen atoms in total. The molecule has 22 heavy (non-hydrogen) atoms. The molecule has 1 heterocycles. The molecule has 1 aliphatic carbocycles. The first-order valence-corrected chi connectivity index (χ1v) is 8.53. The summed E-state index contributed by atoms with van der Waals surface area (Å²) in [6.07, 6.45) is 4.85. The first kappa shape index (κ1) is 15.3. The molecule has 0 N–H and O–H groups in total. The molecule has 0 saturated carbocycles. The molecule has 1 amide bonds. The van der Waals surface area contributed by atoms with Crippen LogP contribution in [0.4, 0.5) is 4.79 Å². The van der Waals surface area contributed by atoms with E-state index >= 15 is 0 Å². The average molecular weight is 302 g/mol. The highest BCUT2D eigenvalue weighted by Crippen LogP contribution is 2.33. The highest BCUT2D eigenvalue weighted by molar-refractivity contribution is 5.67. The zero-order chi connectivity index (χ0) is 15.4. The molecule has 0 bridgehead atoms. The van der Waals surface area contributed by atoms with Crippen LogP contribution in [-0.4, -0.2) is 48.7 Å². The van der Waals surface area contributed by atoms with Crippen molar-refractivity contribution in [2.75, 3.05) is 32.8 Å². The van der Waals surface area contributed by atoms with Gasteiger partial charge in [0, 0.05) is 32.2 Å². The number of ether oxygens (including phenoxy) is 1. The molecule has 4 heteroatoms. The molecule has 1 fully saturated rings. The van der Waals surface area contributed by atoms with Crippen molar-refractivity contribution in [2.45, 2.75) is 38.6 Å². The Morgan fingerprint density at radius 1 is 1.18 bits per heavy atom. The minimum atomic E-state index is -0.164. The molecular weight excluding hydrogens is 276 g/mol. The van der Waals surface area contributed by atoms with Gasteiger partial charge in [-0.2, -0.15) is 0 Å². The third kappa shape index (κ3) is 3.27. The lowest BCUT2D eigenvalue weighted by Crippen LogP contribution is -2.49. The second-order valence-electron chi connectivity index (χ2n) is 6.18. The van der Waals surface area contributed by atoms with Crippen molar-refractivity contribution in [3.8, 4) is 0 Å². The fourth-order valence-electron chi connectivity index (χ4n) is 3.71. The Bertz CT molecular complexity index is 510. The van der Waals surface area contributed by atoms with Crippen LogP contribution in [0.2, 0.25) is 0 Å². The third-order valence-corrected chi connectivity index (χ3v) is 4.87. The maximum Gasteiger partial charge on any atom is 0.409 e. The molecule has 0 aromatic heterocycles. The SMILES string of the molecule is CCOC(=O)N1CCN(C2CCCCc3ccccc32)CC1. The maximum atomic E-state index is 11.8. The van der Waals surface area contributed by atoms with E-state index in [1.54, 1.807) is 0 Å². The fourth-order valence-corrected chi connectivity index (χ4v) is 3.71. The average Bonchev–Trinajstić information content (AvgIpc) is 2.78. The van der Waals surface area contributed by atoms with Crippen LogP contribution in [0.1, 0.15) is 43.4 Å². The smallest absolute Gasteiger partial charge is 0.409 e. The van der Waals surface area contributed by atoms with Crippen molar-refractivity contribution in [3.63, 3.8) is 0 Å². The van der Waals surface area contributed by atoms with Crippen molar-refractivity contribution in [1.82, 2.24) is 9.80 Å². The van der Waals surface area contributed by atoms with E-state index in [-0.39, 0.29) is 6.09 Å². The number of hydrogen-bond acceptors (Lipinski definition) is 3. The van der Waals surface area contributed by atoms with Crippen molar-refractivity contribution >= 4 is 6.09 Å². The Morgan fingerprint density at radius 3 is 2.73 bits per heavy atom. The Labute approximate surface area is 133 Å². The summed E-state index contributed by atoms with van der Waals surface area (Å²) in [5.41, 5.74) is 3.02. The number of rotatable bonds is 2. The third-order valence-electron chi connectivity index (χ3n) is 4.87. The van der Waals surface area contributed by atoms with E-state index in [9.17, 15) is 4.79 Å². The van der Waals surface area contributed by atoms with Crippen molar-refractivity contribution in [1.29, 1.82) is 0 Å². The predicted molar refractivity (Wildman–Crippen MR) is 86.9 cm³/mol. The molecule has 3 rings (SSSR count). The number of piperazine rings is 1.